The first-order chi connectivity index (χ1) is 8.25. The van der Waals surface area contributed by atoms with Crippen LogP contribution in [0.25, 0.3) is 0 Å². The van der Waals surface area contributed by atoms with Crippen molar-refractivity contribution in [2.45, 2.75) is 24.3 Å². The summed E-state index contributed by atoms with van der Waals surface area (Å²) in [6, 6.07) is 6.25. The third-order valence-electron chi connectivity index (χ3n) is 2.94. The SMILES string of the molecule is COc1cccc(S(=O)(=O)N(C)C(C)(C)CO)c1. The van der Waals surface area contributed by atoms with Gasteiger partial charge >= 0.3 is 0 Å². The third kappa shape index (κ3) is 2.82. The average Bonchev–Trinajstić information content (AvgIpc) is 2.37. The summed E-state index contributed by atoms with van der Waals surface area (Å²) in [6.45, 7) is 3.06. The number of nitrogens with zero attached hydrogens (tertiary/aromatic N) is 1. The van der Waals surface area contributed by atoms with Crippen LogP contribution >= 0.6 is 0 Å². The van der Waals surface area contributed by atoms with Crippen LogP contribution in [0.15, 0.2) is 29.2 Å². The van der Waals surface area contributed by atoms with E-state index < -0.39 is 15.6 Å². The number of likely N-dealkylation sites (N-methyl/N-ethyl adjacent to an activating group) is 1. The maximum absolute atomic E-state index is 12.4. The Bertz CT molecular complexity index is 511. The molecule has 0 aliphatic carbocycles. The zero-order valence-corrected chi connectivity index (χ0v) is 11.9. The van der Waals surface area contributed by atoms with Gasteiger partial charge in [0, 0.05) is 13.1 Å². The maximum Gasteiger partial charge on any atom is 0.243 e. The largest absolute Gasteiger partial charge is 0.497 e. The highest BCUT2D eigenvalue weighted by atomic mass is 32.2. The molecule has 0 spiro atoms. The third-order valence-corrected chi connectivity index (χ3v) is 5.00. The van der Waals surface area contributed by atoms with Gasteiger partial charge in [-0.2, -0.15) is 4.31 Å². The fourth-order valence-corrected chi connectivity index (χ4v) is 2.88. The van der Waals surface area contributed by atoms with Gasteiger partial charge in [-0.1, -0.05) is 6.07 Å². The molecule has 0 bridgehead atoms. The van der Waals surface area contributed by atoms with Crippen LogP contribution in [-0.2, 0) is 10.0 Å². The van der Waals surface area contributed by atoms with Crippen molar-refractivity contribution in [2.24, 2.45) is 0 Å². The smallest absolute Gasteiger partial charge is 0.243 e. The summed E-state index contributed by atoms with van der Waals surface area (Å²) in [5.41, 5.74) is -0.859. The van der Waals surface area contributed by atoms with E-state index in [0.717, 1.165) is 4.31 Å². The van der Waals surface area contributed by atoms with Gasteiger partial charge < -0.3 is 9.84 Å². The molecule has 5 nitrogen and oxygen atoms in total. The summed E-state index contributed by atoms with van der Waals surface area (Å²) in [6.07, 6.45) is 0. The second kappa shape index (κ2) is 5.26. The average molecular weight is 273 g/mol. The van der Waals surface area contributed by atoms with Crippen LogP contribution < -0.4 is 4.74 Å². The van der Waals surface area contributed by atoms with E-state index >= 15 is 0 Å². The predicted octanol–water partition coefficient (Wildman–Crippen LogP) is 1.09. The number of hydrogen-bond donors (Lipinski definition) is 1. The van der Waals surface area contributed by atoms with Crippen molar-refractivity contribution in [1.29, 1.82) is 0 Å². The van der Waals surface area contributed by atoms with Gasteiger partial charge in [-0.25, -0.2) is 8.42 Å². The normalized spacial score (nSPS) is 12.8. The van der Waals surface area contributed by atoms with E-state index in [-0.39, 0.29) is 11.5 Å². The van der Waals surface area contributed by atoms with E-state index in [2.05, 4.69) is 0 Å². The van der Waals surface area contributed by atoms with Crippen LogP contribution in [0.1, 0.15) is 13.8 Å². The predicted molar refractivity (Wildman–Crippen MR) is 69.1 cm³/mol. The summed E-state index contributed by atoms with van der Waals surface area (Å²) >= 11 is 0. The fraction of sp³-hybridized carbons (Fsp3) is 0.500. The Kier molecular flexibility index (Phi) is 4.37. The molecule has 18 heavy (non-hydrogen) atoms. The summed E-state index contributed by atoms with van der Waals surface area (Å²) in [7, 11) is -0.719. The molecule has 0 amide bonds. The molecule has 0 saturated carbocycles. The van der Waals surface area contributed by atoms with Gasteiger partial charge in [0.05, 0.1) is 24.2 Å². The standard InChI is InChI=1S/C12H19NO4S/c1-12(2,9-14)13(3)18(15,16)11-7-5-6-10(8-11)17-4/h5-8,14H,9H2,1-4H3. The summed E-state index contributed by atoms with van der Waals surface area (Å²) < 4.78 is 30.9. The number of methoxy groups -OCH3 is 1. The summed E-state index contributed by atoms with van der Waals surface area (Å²) in [4.78, 5) is 0.144. The topological polar surface area (TPSA) is 66.8 Å². The molecule has 102 valence electrons. The summed E-state index contributed by atoms with van der Waals surface area (Å²) in [5.74, 6) is 0.478. The molecule has 1 aromatic rings. The molecule has 0 radical (unpaired) electrons. The minimum atomic E-state index is -3.65. The Balaban J connectivity index is 3.21. The molecule has 0 fully saturated rings. The highest BCUT2D eigenvalue weighted by Gasteiger charge is 2.33. The lowest BCUT2D eigenvalue weighted by Gasteiger charge is -2.32. The Morgan fingerprint density at radius 1 is 1.39 bits per heavy atom. The van der Waals surface area contributed by atoms with E-state index in [4.69, 9.17) is 4.74 Å². The quantitative estimate of drug-likeness (QED) is 0.872. The molecule has 0 saturated heterocycles. The molecular formula is C12H19NO4S. The number of hydrogen-bond acceptors (Lipinski definition) is 4. The van der Waals surface area contributed by atoms with Crippen LogP contribution in [0.2, 0.25) is 0 Å². The minimum Gasteiger partial charge on any atom is -0.497 e. The van der Waals surface area contributed by atoms with Gasteiger partial charge in [0.1, 0.15) is 5.75 Å². The minimum absolute atomic E-state index is 0.144. The lowest BCUT2D eigenvalue weighted by atomic mass is 10.1. The van der Waals surface area contributed by atoms with Crippen molar-refractivity contribution < 1.29 is 18.3 Å². The zero-order chi connectivity index (χ0) is 14.0. The van der Waals surface area contributed by atoms with Crippen LogP contribution in [0.4, 0.5) is 0 Å². The van der Waals surface area contributed by atoms with E-state index in [9.17, 15) is 13.5 Å². The van der Waals surface area contributed by atoms with Gasteiger partial charge in [-0.15, -0.1) is 0 Å². The molecule has 0 aliphatic rings. The Hall–Kier alpha value is -1.11. The molecule has 1 rings (SSSR count). The van der Waals surface area contributed by atoms with E-state index in [1.807, 2.05) is 0 Å². The number of aliphatic hydroxyl groups excluding tert-OH is 1. The van der Waals surface area contributed by atoms with E-state index in [1.165, 1.54) is 26.3 Å². The van der Waals surface area contributed by atoms with Gasteiger partial charge in [0.15, 0.2) is 0 Å². The van der Waals surface area contributed by atoms with Crippen molar-refractivity contribution in [3.8, 4) is 5.75 Å². The molecule has 0 heterocycles. The van der Waals surface area contributed by atoms with Gasteiger partial charge in [-0.3, -0.25) is 0 Å². The van der Waals surface area contributed by atoms with E-state index in [0.29, 0.717) is 5.75 Å². The van der Waals surface area contributed by atoms with Crippen LogP contribution in [0, 0.1) is 0 Å². The van der Waals surface area contributed by atoms with Crippen LogP contribution in [-0.4, -0.2) is 44.1 Å². The van der Waals surface area contributed by atoms with Crippen molar-refractivity contribution in [3.05, 3.63) is 24.3 Å². The van der Waals surface area contributed by atoms with Crippen LogP contribution in [0.5, 0.6) is 5.75 Å². The van der Waals surface area contributed by atoms with Gasteiger partial charge in [0.2, 0.25) is 10.0 Å². The Morgan fingerprint density at radius 2 is 2.00 bits per heavy atom. The number of benzene rings is 1. The second-order valence-corrected chi connectivity index (χ2v) is 6.59. The maximum atomic E-state index is 12.4. The lowest BCUT2D eigenvalue weighted by Crippen LogP contribution is -2.47. The molecular weight excluding hydrogens is 254 g/mol. The van der Waals surface area contributed by atoms with Crippen molar-refractivity contribution >= 4 is 10.0 Å². The second-order valence-electron chi connectivity index (χ2n) is 4.62. The summed E-state index contributed by atoms with van der Waals surface area (Å²) in [5, 5.41) is 9.24. The molecule has 0 unspecified atom stereocenters. The monoisotopic (exact) mass is 273 g/mol. The Morgan fingerprint density at radius 3 is 2.50 bits per heavy atom. The highest BCUT2D eigenvalue weighted by Crippen LogP contribution is 2.24. The van der Waals surface area contributed by atoms with Crippen LogP contribution in [0.3, 0.4) is 0 Å². The van der Waals surface area contributed by atoms with Crippen molar-refractivity contribution in [1.82, 2.24) is 4.31 Å². The zero-order valence-electron chi connectivity index (χ0n) is 11.0. The number of aliphatic hydroxyl groups is 1. The number of sulfonamides is 1. The molecule has 0 atom stereocenters. The fourth-order valence-electron chi connectivity index (χ4n) is 1.34. The number of rotatable bonds is 5. The first-order valence-corrected chi connectivity index (χ1v) is 6.93. The lowest BCUT2D eigenvalue weighted by molar-refractivity contribution is 0.138. The molecule has 1 N–H and O–H groups in total. The molecule has 6 heteroatoms. The molecule has 0 aliphatic heterocycles. The molecule has 0 aromatic heterocycles. The Labute approximate surface area is 108 Å². The van der Waals surface area contributed by atoms with Crippen molar-refractivity contribution in [3.63, 3.8) is 0 Å². The first kappa shape index (κ1) is 14.9. The van der Waals surface area contributed by atoms with Gasteiger partial charge in [0.25, 0.3) is 0 Å². The van der Waals surface area contributed by atoms with Gasteiger partial charge in [-0.05, 0) is 26.0 Å². The number of ether oxygens (including phenoxy) is 1. The highest BCUT2D eigenvalue weighted by molar-refractivity contribution is 7.89. The first-order valence-electron chi connectivity index (χ1n) is 5.49. The van der Waals surface area contributed by atoms with E-state index in [1.54, 1.807) is 26.0 Å². The molecule has 1 aromatic carbocycles. The van der Waals surface area contributed by atoms with Crippen molar-refractivity contribution in [2.75, 3.05) is 20.8 Å².